The van der Waals surface area contributed by atoms with Crippen molar-refractivity contribution in [2.24, 2.45) is 5.92 Å². The summed E-state index contributed by atoms with van der Waals surface area (Å²) in [6.45, 7) is 3.34. The number of carbonyl (C=O) groups is 1. The van der Waals surface area contributed by atoms with Crippen LogP contribution in [0.2, 0.25) is 0 Å². The van der Waals surface area contributed by atoms with E-state index in [-0.39, 0.29) is 23.7 Å². The molecule has 2 aromatic rings. The van der Waals surface area contributed by atoms with E-state index >= 15 is 0 Å². The molecule has 0 spiro atoms. The molecule has 5 heteroatoms. The van der Waals surface area contributed by atoms with E-state index in [1.54, 1.807) is 12.1 Å². The summed E-state index contributed by atoms with van der Waals surface area (Å²) in [6.07, 6.45) is 1.41. The molecule has 2 aromatic carbocycles. The summed E-state index contributed by atoms with van der Waals surface area (Å²) in [7, 11) is 0. The number of hydrogen-bond donors (Lipinski definition) is 2. The number of nitrogens with one attached hydrogen (secondary N) is 1. The number of nitrogens with zero attached hydrogens (tertiary/aromatic N) is 1. The van der Waals surface area contributed by atoms with Crippen molar-refractivity contribution in [1.82, 2.24) is 4.90 Å². The number of likely N-dealkylation sites (tertiary alicyclic amines) is 1. The van der Waals surface area contributed by atoms with Crippen LogP contribution in [0.4, 0.5) is 10.1 Å². The fraction of sp³-hybridized carbons (Fsp3) is 0.381. The fourth-order valence-electron chi connectivity index (χ4n) is 3.57. The van der Waals surface area contributed by atoms with E-state index in [0.29, 0.717) is 5.69 Å². The highest BCUT2D eigenvalue weighted by atomic mass is 19.1. The van der Waals surface area contributed by atoms with Crippen LogP contribution in [-0.2, 0) is 4.79 Å². The van der Waals surface area contributed by atoms with Crippen molar-refractivity contribution in [3.63, 3.8) is 0 Å². The molecule has 0 bridgehead atoms. The first-order valence-corrected chi connectivity index (χ1v) is 9.08. The minimum Gasteiger partial charge on any atom is -0.393 e. The average Bonchev–Trinajstić information content (AvgIpc) is 2.65. The van der Waals surface area contributed by atoms with E-state index in [9.17, 15) is 14.3 Å². The van der Waals surface area contributed by atoms with Crippen molar-refractivity contribution in [2.75, 3.05) is 18.4 Å². The molecule has 26 heavy (non-hydrogen) atoms. The normalized spacial score (nSPS) is 18.3. The predicted octanol–water partition coefficient (Wildman–Crippen LogP) is 3.60. The van der Waals surface area contributed by atoms with E-state index in [0.717, 1.165) is 31.5 Å². The van der Waals surface area contributed by atoms with Crippen LogP contribution in [0, 0.1) is 11.7 Å². The third-order valence-corrected chi connectivity index (χ3v) is 5.10. The number of aliphatic hydroxyl groups excluding tert-OH is 1. The van der Waals surface area contributed by atoms with Gasteiger partial charge in [0.15, 0.2) is 0 Å². The Morgan fingerprint density at radius 1 is 1.12 bits per heavy atom. The van der Waals surface area contributed by atoms with E-state index in [2.05, 4.69) is 10.2 Å². The summed E-state index contributed by atoms with van der Waals surface area (Å²) in [5.41, 5.74) is 1.51. The van der Waals surface area contributed by atoms with Crippen LogP contribution in [0.5, 0.6) is 0 Å². The van der Waals surface area contributed by atoms with Gasteiger partial charge in [0, 0.05) is 5.69 Å². The largest absolute Gasteiger partial charge is 0.393 e. The molecule has 138 valence electrons. The standard InChI is InChI=1S/C21H25FN2O2/c1-15(25)16-11-13-24(14-12-16)20(17-5-3-2-4-6-17)21(26)23-19-9-7-18(22)8-10-19/h2-10,15-16,20,25H,11-14H2,1H3,(H,23,26). The van der Waals surface area contributed by atoms with Gasteiger partial charge in [-0.3, -0.25) is 9.69 Å². The molecule has 2 atom stereocenters. The van der Waals surface area contributed by atoms with Gasteiger partial charge >= 0.3 is 0 Å². The monoisotopic (exact) mass is 356 g/mol. The van der Waals surface area contributed by atoms with Crippen LogP contribution in [0.3, 0.4) is 0 Å². The number of piperidine rings is 1. The highest BCUT2D eigenvalue weighted by Crippen LogP contribution is 2.29. The second-order valence-electron chi connectivity index (χ2n) is 6.92. The van der Waals surface area contributed by atoms with Crippen molar-refractivity contribution in [1.29, 1.82) is 0 Å². The van der Waals surface area contributed by atoms with Crippen LogP contribution >= 0.6 is 0 Å². The quantitative estimate of drug-likeness (QED) is 0.861. The van der Waals surface area contributed by atoms with E-state index in [1.807, 2.05) is 37.3 Å². The first-order valence-electron chi connectivity index (χ1n) is 9.08. The Kier molecular flexibility index (Phi) is 6.01. The lowest BCUT2D eigenvalue weighted by Crippen LogP contribution is -2.43. The van der Waals surface area contributed by atoms with Crippen LogP contribution in [0.25, 0.3) is 0 Å². The van der Waals surface area contributed by atoms with Gasteiger partial charge in [-0.1, -0.05) is 30.3 Å². The SMILES string of the molecule is CC(O)C1CCN(C(C(=O)Nc2ccc(F)cc2)c2ccccc2)CC1. The molecule has 2 unspecified atom stereocenters. The maximum Gasteiger partial charge on any atom is 0.246 e. The molecule has 1 fully saturated rings. The van der Waals surface area contributed by atoms with Gasteiger partial charge in [0.1, 0.15) is 11.9 Å². The number of halogens is 1. The minimum atomic E-state index is -0.406. The van der Waals surface area contributed by atoms with E-state index in [1.165, 1.54) is 12.1 Å². The van der Waals surface area contributed by atoms with E-state index < -0.39 is 6.04 Å². The highest BCUT2D eigenvalue weighted by molar-refractivity contribution is 5.95. The van der Waals surface area contributed by atoms with Crippen LogP contribution in [0.15, 0.2) is 54.6 Å². The van der Waals surface area contributed by atoms with Crippen molar-refractivity contribution >= 4 is 11.6 Å². The zero-order valence-electron chi connectivity index (χ0n) is 14.9. The maximum atomic E-state index is 13.1. The van der Waals surface area contributed by atoms with Gasteiger partial charge in [-0.15, -0.1) is 0 Å². The molecule has 2 N–H and O–H groups in total. The highest BCUT2D eigenvalue weighted by Gasteiger charge is 2.32. The zero-order valence-corrected chi connectivity index (χ0v) is 14.9. The Morgan fingerprint density at radius 2 is 1.73 bits per heavy atom. The van der Waals surface area contributed by atoms with E-state index in [4.69, 9.17) is 0 Å². The van der Waals surface area contributed by atoms with Crippen LogP contribution in [0.1, 0.15) is 31.4 Å². The molecule has 0 aromatic heterocycles. The number of carbonyl (C=O) groups excluding carboxylic acids is 1. The Labute approximate surface area is 153 Å². The molecular formula is C21H25FN2O2. The lowest BCUT2D eigenvalue weighted by Gasteiger charge is -2.37. The molecule has 3 rings (SSSR count). The number of anilines is 1. The summed E-state index contributed by atoms with van der Waals surface area (Å²) >= 11 is 0. The summed E-state index contributed by atoms with van der Waals surface area (Å²) in [5, 5.41) is 12.7. The predicted molar refractivity (Wildman–Crippen MR) is 100 cm³/mol. The Balaban J connectivity index is 1.78. The number of rotatable bonds is 5. The van der Waals surface area contributed by atoms with Gasteiger partial charge in [-0.25, -0.2) is 4.39 Å². The van der Waals surface area contributed by atoms with Crippen molar-refractivity contribution in [3.8, 4) is 0 Å². The van der Waals surface area contributed by atoms with Crippen LogP contribution < -0.4 is 5.32 Å². The molecule has 0 saturated carbocycles. The molecule has 1 heterocycles. The Bertz CT molecular complexity index is 711. The Morgan fingerprint density at radius 3 is 2.31 bits per heavy atom. The fourth-order valence-corrected chi connectivity index (χ4v) is 3.57. The summed E-state index contributed by atoms with van der Waals surface area (Å²) in [5.74, 6) is -0.177. The van der Waals surface area contributed by atoms with Crippen molar-refractivity contribution in [2.45, 2.75) is 31.9 Å². The number of amides is 1. The zero-order chi connectivity index (χ0) is 18.5. The molecule has 0 aliphatic carbocycles. The van der Waals surface area contributed by atoms with Gasteiger partial charge in [0.25, 0.3) is 0 Å². The number of benzene rings is 2. The summed E-state index contributed by atoms with van der Waals surface area (Å²) < 4.78 is 13.1. The summed E-state index contributed by atoms with van der Waals surface area (Å²) in [6, 6.07) is 15.1. The first kappa shape index (κ1) is 18.5. The van der Waals surface area contributed by atoms with Gasteiger partial charge in [0.2, 0.25) is 5.91 Å². The first-order chi connectivity index (χ1) is 12.5. The molecule has 0 radical (unpaired) electrons. The van der Waals surface area contributed by atoms with Gasteiger partial charge in [-0.05, 0) is 68.6 Å². The molecule has 1 saturated heterocycles. The Hall–Kier alpha value is -2.24. The maximum absolute atomic E-state index is 13.1. The van der Waals surface area contributed by atoms with Gasteiger partial charge < -0.3 is 10.4 Å². The molecule has 1 amide bonds. The molecule has 1 aliphatic rings. The van der Waals surface area contributed by atoms with Gasteiger partial charge in [0.05, 0.1) is 6.10 Å². The van der Waals surface area contributed by atoms with Crippen molar-refractivity contribution < 1.29 is 14.3 Å². The molecular weight excluding hydrogens is 331 g/mol. The lowest BCUT2D eigenvalue weighted by molar-refractivity contribution is -0.122. The lowest BCUT2D eigenvalue weighted by atomic mass is 9.90. The number of aliphatic hydroxyl groups is 1. The third kappa shape index (κ3) is 4.48. The number of hydrogen-bond acceptors (Lipinski definition) is 3. The second-order valence-corrected chi connectivity index (χ2v) is 6.92. The summed E-state index contributed by atoms with van der Waals surface area (Å²) in [4.78, 5) is 15.2. The van der Waals surface area contributed by atoms with Crippen LogP contribution in [-0.4, -0.2) is 35.1 Å². The molecule has 1 aliphatic heterocycles. The average molecular weight is 356 g/mol. The van der Waals surface area contributed by atoms with Gasteiger partial charge in [-0.2, -0.15) is 0 Å². The topological polar surface area (TPSA) is 52.6 Å². The minimum absolute atomic E-state index is 0.127. The van der Waals surface area contributed by atoms with Crippen molar-refractivity contribution in [3.05, 3.63) is 66.0 Å². The smallest absolute Gasteiger partial charge is 0.246 e. The third-order valence-electron chi connectivity index (χ3n) is 5.10. The second kappa shape index (κ2) is 8.43. The molecule has 4 nitrogen and oxygen atoms in total.